The first kappa shape index (κ1) is 21.7. The molecular weight excluding hydrogens is 402 g/mol. The Kier molecular flexibility index (Phi) is 7.35. The number of benzene rings is 2. The summed E-state index contributed by atoms with van der Waals surface area (Å²) >= 11 is 1.26. The molecule has 2 amide bonds. The van der Waals surface area contributed by atoms with Crippen LogP contribution < -0.4 is 14.8 Å². The summed E-state index contributed by atoms with van der Waals surface area (Å²) in [6, 6.07) is 14.5. The molecule has 8 heteroatoms. The van der Waals surface area contributed by atoms with E-state index >= 15 is 0 Å². The predicted octanol–water partition coefficient (Wildman–Crippen LogP) is 4.07. The van der Waals surface area contributed by atoms with Crippen molar-refractivity contribution in [3.8, 4) is 11.5 Å². The lowest BCUT2D eigenvalue weighted by Gasteiger charge is -2.29. The van der Waals surface area contributed by atoms with Gasteiger partial charge in [-0.1, -0.05) is 30.8 Å². The number of amides is 2. The zero-order valence-corrected chi connectivity index (χ0v) is 18.1. The van der Waals surface area contributed by atoms with Crippen LogP contribution in [0.2, 0.25) is 0 Å². The minimum absolute atomic E-state index is 0.107. The van der Waals surface area contributed by atoms with Crippen LogP contribution >= 0.6 is 11.8 Å². The van der Waals surface area contributed by atoms with Gasteiger partial charge >= 0.3 is 0 Å². The Morgan fingerprint density at radius 2 is 1.97 bits per heavy atom. The molecule has 30 heavy (non-hydrogen) atoms. The fourth-order valence-electron chi connectivity index (χ4n) is 2.80. The number of carbonyl (C=O) groups excluding carboxylic acids is 2. The molecule has 0 aliphatic carbocycles. The summed E-state index contributed by atoms with van der Waals surface area (Å²) in [4.78, 5) is 31.3. The molecule has 0 radical (unpaired) electrons. The Morgan fingerprint density at radius 1 is 1.23 bits per heavy atom. The summed E-state index contributed by atoms with van der Waals surface area (Å²) in [5.41, 5.74) is 1.25. The van der Waals surface area contributed by atoms with Crippen molar-refractivity contribution in [2.24, 2.45) is 4.99 Å². The molecule has 2 aromatic rings. The first-order valence-electron chi connectivity index (χ1n) is 9.70. The molecule has 0 aromatic heterocycles. The third-order valence-corrected chi connectivity index (χ3v) is 5.70. The van der Waals surface area contributed by atoms with E-state index in [1.165, 1.54) is 16.7 Å². The van der Waals surface area contributed by atoms with Gasteiger partial charge in [-0.3, -0.25) is 14.5 Å². The second kappa shape index (κ2) is 10.2. The highest BCUT2D eigenvalue weighted by Gasteiger charge is 2.34. The predicted molar refractivity (Wildman–Crippen MR) is 120 cm³/mol. The molecule has 1 heterocycles. The normalized spacial score (nSPS) is 17.7. The summed E-state index contributed by atoms with van der Waals surface area (Å²) in [6.07, 6.45) is 1.04. The summed E-state index contributed by atoms with van der Waals surface area (Å²) < 4.78 is 10.9. The van der Waals surface area contributed by atoms with Gasteiger partial charge in [0.2, 0.25) is 11.8 Å². The topological polar surface area (TPSA) is 80.2 Å². The second-order valence-electron chi connectivity index (χ2n) is 6.69. The molecule has 1 atom stereocenters. The number of aliphatic imine (C=N–C) groups is 1. The van der Waals surface area contributed by atoms with Crippen molar-refractivity contribution in [2.75, 3.05) is 26.1 Å². The van der Waals surface area contributed by atoms with Crippen LogP contribution in [-0.2, 0) is 9.59 Å². The zero-order chi connectivity index (χ0) is 21.5. The number of ether oxygens (including phenoxy) is 2. The molecule has 1 aliphatic rings. The number of methoxy groups -OCH3 is 1. The monoisotopic (exact) mass is 427 g/mol. The minimum atomic E-state index is -0.571. The van der Waals surface area contributed by atoms with Gasteiger partial charge < -0.3 is 14.8 Å². The van der Waals surface area contributed by atoms with E-state index in [1.54, 1.807) is 38.4 Å². The SMILES string of the molecule is CCCOc1ccc(NC(=O)C2CC(=O)N(C)C(=Nc3ccccc3OC)S2)cc1. The number of hydrogen-bond acceptors (Lipinski definition) is 6. The molecule has 3 rings (SSSR count). The Labute approximate surface area is 180 Å². The Hall–Kier alpha value is -3.00. The molecule has 1 aliphatic heterocycles. The number of hydrogen-bond donors (Lipinski definition) is 1. The van der Waals surface area contributed by atoms with Gasteiger partial charge in [0.25, 0.3) is 0 Å². The summed E-state index contributed by atoms with van der Waals surface area (Å²) in [5, 5.41) is 2.76. The molecule has 7 nitrogen and oxygen atoms in total. The van der Waals surface area contributed by atoms with E-state index < -0.39 is 5.25 Å². The van der Waals surface area contributed by atoms with Crippen molar-refractivity contribution >= 4 is 40.1 Å². The minimum Gasteiger partial charge on any atom is -0.494 e. The van der Waals surface area contributed by atoms with Crippen LogP contribution in [0.4, 0.5) is 11.4 Å². The van der Waals surface area contributed by atoms with E-state index in [1.807, 2.05) is 31.2 Å². The number of nitrogens with one attached hydrogen (secondary N) is 1. The number of amidine groups is 1. The van der Waals surface area contributed by atoms with Crippen molar-refractivity contribution in [3.63, 3.8) is 0 Å². The summed E-state index contributed by atoms with van der Waals surface area (Å²) in [6.45, 7) is 2.69. The highest BCUT2D eigenvalue weighted by molar-refractivity contribution is 8.15. The van der Waals surface area contributed by atoms with Crippen molar-refractivity contribution < 1.29 is 19.1 Å². The number of thioether (sulfide) groups is 1. The van der Waals surface area contributed by atoms with E-state index in [0.717, 1.165) is 12.2 Å². The molecule has 1 fully saturated rings. The Balaban J connectivity index is 1.72. The van der Waals surface area contributed by atoms with Gasteiger partial charge in [0.15, 0.2) is 5.17 Å². The number of para-hydroxylation sites is 2. The molecule has 1 unspecified atom stereocenters. The smallest absolute Gasteiger partial charge is 0.238 e. The van der Waals surface area contributed by atoms with Gasteiger partial charge in [-0.25, -0.2) is 4.99 Å². The van der Waals surface area contributed by atoms with Gasteiger partial charge in [-0.05, 0) is 42.8 Å². The third-order valence-electron chi connectivity index (χ3n) is 4.46. The van der Waals surface area contributed by atoms with E-state index in [4.69, 9.17) is 9.47 Å². The van der Waals surface area contributed by atoms with Crippen molar-refractivity contribution in [2.45, 2.75) is 25.0 Å². The average Bonchev–Trinajstić information content (AvgIpc) is 2.76. The second-order valence-corrected chi connectivity index (χ2v) is 7.86. The lowest BCUT2D eigenvalue weighted by molar-refractivity contribution is -0.128. The van der Waals surface area contributed by atoms with Crippen molar-refractivity contribution in [1.82, 2.24) is 4.90 Å². The van der Waals surface area contributed by atoms with Crippen LogP contribution in [0.15, 0.2) is 53.5 Å². The van der Waals surface area contributed by atoms with E-state index in [-0.39, 0.29) is 18.2 Å². The maximum atomic E-state index is 12.8. The van der Waals surface area contributed by atoms with Crippen LogP contribution in [0.1, 0.15) is 19.8 Å². The third kappa shape index (κ3) is 5.33. The van der Waals surface area contributed by atoms with Gasteiger partial charge in [-0.15, -0.1) is 0 Å². The fourth-order valence-corrected chi connectivity index (χ4v) is 3.86. The molecule has 158 valence electrons. The Bertz CT molecular complexity index is 930. The number of anilines is 1. The lowest BCUT2D eigenvalue weighted by Crippen LogP contribution is -2.43. The fraction of sp³-hybridized carbons (Fsp3) is 0.318. The van der Waals surface area contributed by atoms with Crippen LogP contribution in [0.25, 0.3) is 0 Å². The zero-order valence-electron chi connectivity index (χ0n) is 17.3. The molecular formula is C22H25N3O4S. The quantitative estimate of drug-likeness (QED) is 0.720. The van der Waals surface area contributed by atoms with E-state index in [2.05, 4.69) is 10.3 Å². The van der Waals surface area contributed by atoms with Crippen LogP contribution in [-0.4, -0.2) is 47.9 Å². The van der Waals surface area contributed by atoms with Gasteiger partial charge in [0.1, 0.15) is 22.4 Å². The summed E-state index contributed by atoms with van der Waals surface area (Å²) in [7, 11) is 3.23. The van der Waals surface area contributed by atoms with Gasteiger partial charge in [-0.2, -0.15) is 0 Å². The highest BCUT2D eigenvalue weighted by atomic mass is 32.2. The molecule has 1 N–H and O–H groups in total. The molecule has 0 saturated carbocycles. The maximum absolute atomic E-state index is 12.8. The first-order valence-corrected chi connectivity index (χ1v) is 10.6. The first-order chi connectivity index (χ1) is 14.5. The van der Waals surface area contributed by atoms with E-state index in [9.17, 15) is 9.59 Å². The lowest BCUT2D eigenvalue weighted by atomic mass is 10.2. The highest BCUT2D eigenvalue weighted by Crippen LogP contribution is 2.32. The van der Waals surface area contributed by atoms with Crippen LogP contribution in [0.3, 0.4) is 0 Å². The standard InChI is InChI=1S/C22H25N3O4S/c1-4-13-29-16-11-9-15(10-12-16)23-21(27)19-14-20(26)25(2)22(30-19)24-17-7-5-6-8-18(17)28-3/h5-12,19H,4,13-14H2,1-3H3,(H,23,27). The van der Waals surface area contributed by atoms with Gasteiger partial charge in [0, 0.05) is 19.2 Å². The number of nitrogens with zero attached hydrogens (tertiary/aromatic N) is 2. The molecule has 0 spiro atoms. The average molecular weight is 428 g/mol. The van der Waals surface area contributed by atoms with Crippen molar-refractivity contribution in [1.29, 1.82) is 0 Å². The van der Waals surface area contributed by atoms with E-state index in [0.29, 0.717) is 28.9 Å². The Morgan fingerprint density at radius 3 is 2.67 bits per heavy atom. The van der Waals surface area contributed by atoms with Crippen LogP contribution in [0.5, 0.6) is 11.5 Å². The number of carbonyl (C=O) groups is 2. The van der Waals surface area contributed by atoms with Crippen molar-refractivity contribution in [3.05, 3.63) is 48.5 Å². The molecule has 0 bridgehead atoms. The maximum Gasteiger partial charge on any atom is 0.238 e. The van der Waals surface area contributed by atoms with Gasteiger partial charge in [0.05, 0.1) is 13.7 Å². The molecule has 1 saturated heterocycles. The largest absolute Gasteiger partial charge is 0.494 e. The molecule has 2 aromatic carbocycles. The number of rotatable bonds is 7. The summed E-state index contributed by atoms with van der Waals surface area (Å²) in [5.74, 6) is 0.954. The van der Waals surface area contributed by atoms with Crippen LogP contribution in [0, 0.1) is 0 Å².